The zero-order chi connectivity index (χ0) is 14.8. The van der Waals surface area contributed by atoms with Crippen molar-refractivity contribution >= 4 is 11.4 Å². The molecule has 1 saturated carbocycles. The maximum Gasteiger partial charge on any atom is 0.275 e. The molecule has 0 heterocycles. The fraction of sp³-hybridized carbons (Fsp3) is 0.600. The normalized spacial score (nSPS) is 18.6. The third kappa shape index (κ3) is 3.62. The van der Waals surface area contributed by atoms with Crippen LogP contribution < -0.4 is 10.1 Å². The Morgan fingerprint density at radius 1 is 1.30 bits per heavy atom. The van der Waals surface area contributed by atoms with Gasteiger partial charge in [-0.1, -0.05) is 13.8 Å². The summed E-state index contributed by atoms with van der Waals surface area (Å²) in [5, 5.41) is 13.8. The maximum atomic E-state index is 10.9. The summed E-state index contributed by atoms with van der Waals surface area (Å²) in [5.41, 5.74) is 1.15. The Morgan fingerprint density at radius 2 is 1.95 bits per heavy atom. The summed E-state index contributed by atoms with van der Waals surface area (Å²) in [7, 11) is 1.74. The Morgan fingerprint density at radius 3 is 2.50 bits per heavy atom. The first-order chi connectivity index (χ1) is 9.39. The SMILES string of the molecule is CNc1cc(OC2CCC(C)(C)CC2)cc([N+](=O)[O-])c1. The van der Waals surface area contributed by atoms with E-state index in [0.717, 1.165) is 25.7 Å². The molecule has 0 aliphatic heterocycles. The number of nitro groups is 1. The van der Waals surface area contributed by atoms with Crippen molar-refractivity contribution in [3.63, 3.8) is 0 Å². The zero-order valence-electron chi connectivity index (χ0n) is 12.3. The number of rotatable bonds is 4. The molecule has 1 aliphatic carbocycles. The number of non-ortho nitro benzene ring substituents is 1. The molecule has 1 aromatic carbocycles. The highest BCUT2D eigenvalue weighted by molar-refractivity contribution is 5.56. The number of anilines is 1. The maximum absolute atomic E-state index is 10.9. The van der Waals surface area contributed by atoms with Gasteiger partial charge >= 0.3 is 0 Å². The van der Waals surface area contributed by atoms with Crippen molar-refractivity contribution in [2.75, 3.05) is 12.4 Å². The molecule has 0 atom stereocenters. The molecule has 0 unspecified atom stereocenters. The van der Waals surface area contributed by atoms with Crippen LogP contribution in [-0.2, 0) is 0 Å². The number of nitrogens with one attached hydrogen (secondary N) is 1. The summed E-state index contributed by atoms with van der Waals surface area (Å²) in [6.07, 6.45) is 4.43. The van der Waals surface area contributed by atoms with Gasteiger partial charge in [0.1, 0.15) is 5.75 Å². The number of hydrogen-bond acceptors (Lipinski definition) is 4. The molecule has 1 aliphatic rings. The molecule has 0 bridgehead atoms. The smallest absolute Gasteiger partial charge is 0.275 e. The Hall–Kier alpha value is -1.78. The second-order valence-electron chi connectivity index (χ2n) is 6.20. The van der Waals surface area contributed by atoms with Crippen LogP contribution in [0.15, 0.2) is 18.2 Å². The first-order valence-electron chi connectivity index (χ1n) is 7.03. The average Bonchev–Trinajstić information content (AvgIpc) is 2.41. The molecule has 0 radical (unpaired) electrons. The topological polar surface area (TPSA) is 64.4 Å². The summed E-state index contributed by atoms with van der Waals surface area (Å²) < 4.78 is 5.94. The standard InChI is InChI=1S/C15H22N2O3/c1-15(2)6-4-13(5-7-15)20-14-9-11(16-3)8-12(10-14)17(18)19/h8-10,13,16H,4-7H2,1-3H3. The fourth-order valence-corrected chi connectivity index (χ4v) is 2.58. The van der Waals surface area contributed by atoms with E-state index in [9.17, 15) is 10.1 Å². The highest BCUT2D eigenvalue weighted by atomic mass is 16.6. The summed E-state index contributed by atoms with van der Waals surface area (Å²) >= 11 is 0. The van der Waals surface area contributed by atoms with Gasteiger partial charge in [0.2, 0.25) is 0 Å². The highest BCUT2D eigenvalue weighted by Crippen LogP contribution is 2.37. The fourth-order valence-electron chi connectivity index (χ4n) is 2.58. The summed E-state index contributed by atoms with van der Waals surface area (Å²) in [6.45, 7) is 4.55. The molecule has 5 heteroatoms. The van der Waals surface area contributed by atoms with Crippen molar-refractivity contribution in [1.82, 2.24) is 0 Å². The van der Waals surface area contributed by atoms with Crippen LogP contribution in [-0.4, -0.2) is 18.1 Å². The van der Waals surface area contributed by atoms with E-state index < -0.39 is 4.92 Å². The molecule has 0 amide bonds. The van der Waals surface area contributed by atoms with Gasteiger partial charge in [0.05, 0.1) is 17.1 Å². The summed E-state index contributed by atoms with van der Waals surface area (Å²) in [5.74, 6) is 0.577. The molecule has 1 aromatic rings. The summed E-state index contributed by atoms with van der Waals surface area (Å²) in [6, 6.07) is 4.82. The largest absolute Gasteiger partial charge is 0.490 e. The monoisotopic (exact) mass is 278 g/mol. The van der Waals surface area contributed by atoms with Crippen LogP contribution in [0.2, 0.25) is 0 Å². The van der Waals surface area contributed by atoms with Crippen molar-refractivity contribution in [3.05, 3.63) is 28.3 Å². The van der Waals surface area contributed by atoms with Crippen molar-refractivity contribution in [1.29, 1.82) is 0 Å². The van der Waals surface area contributed by atoms with Gasteiger partial charge in [-0.05, 0) is 31.1 Å². The van der Waals surface area contributed by atoms with E-state index in [2.05, 4.69) is 19.2 Å². The van der Waals surface area contributed by atoms with E-state index in [-0.39, 0.29) is 11.8 Å². The molecular formula is C15H22N2O3. The number of nitro benzene ring substituents is 1. The Balaban J connectivity index is 2.09. The Bertz CT molecular complexity index is 490. The molecule has 0 aromatic heterocycles. The molecule has 1 fully saturated rings. The van der Waals surface area contributed by atoms with Crippen LogP contribution in [0.1, 0.15) is 39.5 Å². The predicted octanol–water partition coefficient (Wildman–Crippen LogP) is 3.98. The average molecular weight is 278 g/mol. The van der Waals surface area contributed by atoms with Crippen molar-refractivity contribution in [2.45, 2.75) is 45.6 Å². The van der Waals surface area contributed by atoms with Gasteiger partial charge in [-0.2, -0.15) is 0 Å². The van der Waals surface area contributed by atoms with Gasteiger partial charge in [-0.25, -0.2) is 0 Å². The van der Waals surface area contributed by atoms with Gasteiger partial charge in [-0.15, -0.1) is 0 Å². The minimum absolute atomic E-state index is 0.0583. The van der Waals surface area contributed by atoms with E-state index >= 15 is 0 Å². The van der Waals surface area contributed by atoms with E-state index in [1.807, 2.05) is 6.07 Å². The minimum atomic E-state index is -0.391. The second kappa shape index (κ2) is 5.69. The molecule has 1 N–H and O–H groups in total. The van der Waals surface area contributed by atoms with Gasteiger partial charge in [0.25, 0.3) is 5.69 Å². The molecule has 5 nitrogen and oxygen atoms in total. The van der Waals surface area contributed by atoms with Crippen molar-refractivity contribution in [3.8, 4) is 5.75 Å². The lowest BCUT2D eigenvalue weighted by Crippen LogP contribution is -2.28. The molecule has 0 saturated heterocycles. The zero-order valence-corrected chi connectivity index (χ0v) is 12.3. The van der Waals surface area contributed by atoms with Crippen LogP contribution in [0.4, 0.5) is 11.4 Å². The summed E-state index contributed by atoms with van der Waals surface area (Å²) in [4.78, 5) is 10.5. The molecular weight excluding hydrogens is 256 g/mol. The second-order valence-corrected chi connectivity index (χ2v) is 6.20. The van der Waals surface area contributed by atoms with E-state index in [0.29, 0.717) is 16.9 Å². The van der Waals surface area contributed by atoms with Crippen LogP contribution in [0.25, 0.3) is 0 Å². The number of benzene rings is 1. The van der Waals surface area contributed by atoms with Gasteiger partial charge in [-0.3, -0.25) is 10.1 Å². The Labute approximate surface area is 119 Å². The van der Waals surface area contributed by atoms with E-state index in [1.165, 1.54) is 12.1 Å². The minimum Gasteiger partial charge on any atom is -0.490 e. The lowest BCUT2D eigenvalue weighted by molar-refractivity contribution is -0.384. The third-order valence-corrected chi connectivity index (χ3v) is 3.98. The van der Waals surface area contributed by atoms with Crippen molar-refractivity contribution in [2.24, 2.45) is 5.41 Å². The number of nitrogens with zero attached hydrogens (tertiary/aromatic N) is 1. The predicted molar refractivity (Wildman–Crippen MR) is 79.3 cm³/mol. The molecule has 0 spiro atoms. The van der Waals surface area contributed by atoms with Crippen LogP contribution in [0.3, 0.4) is 0 Å². The first-order valence-corrected chi connectivity index (χ1v) is 7.03. The first kappa shape index (κ1) is 14.6. The van der Waals surface area contributed by atoms with Gasteiger partial charge < -0.3 is 10.1 Å². The van der Waals surface area contributed by atoms with E-state index in [4.69, 9.17) is 4.74 Å². The highest BCUT2D eigenvalue weighted by Gasteiger charge is 2.28. The number of ether oxygens (including phenoxy) is 1. The Kier molecular flexibility index (Phi) is 4.16. The van der Waals surface area contributed by atoms with Crippen LogP contribution >= 0.6 is 0 Å². The van der Waals surface area contributed by atoms with Crippen LogP contribution in [0.5, 0.6) is 5.75 Å². The van der Waals surface area contributed by atoms with E-state index in [1.54, 1.807) is 7.05 Å². The van der Waals surface area contributed by atoms with Crippen molar-refractivity contribution < 1.29 is 9.66 Å². The van der Waals surface area contributed by atoms with Gasteiger partial charge in [0.15, 0.2) is 0 Å². The van der Waals surface area contributed by atoms with Crippen LogP contribution in [0, 0.1) is 15.5 Å². The molecule has 20 heavy (non-hydrogen) atoms. The third-order valence-electron chi connectivity index (χ3n) is 3.98. The van der Waals surface area contributed by atoms with Gasteiger partial charge in [0, 0.05) is 24.9 Å². The number of hydrogen-bond donors (Lipinski definition) is 1. The lowest BCUT2D eigenvalue weighted by Gasteiger charge is -2.34. The lowest BCUT2D eigenvalue weighted by atomic mass is 9.76. The molecule has 2 rings (SSSR count). The quantitative estimate of drug-likeness (QED) is 0.668. The molecule has 110 valence electrons.